The van der Waals surface area contributed by atoms with E-state index in [0.717, 1.165) is 22.3 Å². The molecule has 1 aromatic carbocycles. The smallest absolute Gasteiger partial charge is 0.0744 e. The van der Waals surface area contributed by atoms with Crippen LogP contribution >= 0.6 is 15.9 Å². The van der Waals surface area contributed by atoms with Crippen LogP contribution < -0.4 is 5.32 Å². The molecule has 15 heavy (non-hydrogen) atoms. The molecule has 0 aromatic heterocycles. The molecular weight excluding hydrogens is 258 g/mol. The third kappa shape index (κ3) is 3.81. The number of methoxy groups -OCH3 is 2. The predicted molar refractivity (Wildman–Crippen MR) is 65.2 cm³/mol. The molecule has 0 heterocycles. The van der Waals surface area contributed by atoms with Crippen molar-refractivity contribution in [1.29, 1.82) is 0 Å². The van der Waals surface area contributed by atoms with E-state index < -0.39 is 0 Å². The Kier molecular flexibility index (Phi) is 5.68. The first-order chi connectivity index (χ1) is 7.29. The second kappa shape index (κ2) is 6.82. The van der Waals surface area contributed by atoms with Gasteiger partial charge in [0.25, 0.3) is 0 Å². The Balaban J connectivity index is 2.71. The molecule has 0 aliphatic rings. The molecular formula is C11H16BrNO2. The fourth-order valence-electron chi connectivity index (χ4n) is 1.30. The normalized spacial score (nSPS) is 10.3. The van der Waals surface area contributed by atoms with Gasteiger partial charge in [-0.15, -0.1) is 0 Å². The van der Waals surface area contributed by atoms with Gasteiger partial charge in [-0.25, -0.2) is 0 Å². The third-order valence-electron chi connectivity index (χ3n) is 2.03. The van der Waals surface area contributed by atoms with Crippen LogP contribution in [-0.2, 0) is 16.1 Å². The number of ether oxygens (including phenoxy) is 2. The maximum Gasteiger partial charge on any atom is 0.0744 e. The molecule has 3 nitrogen and oxygen atoms in total. The summed E-state index contributed by atoms with van der Waals surface area (Å²) in [7, 11) is 3.39. The molecule has 0 aliphatic carbocycles. The summed E-state index contributed by atoms with van der Waals surface area (Å²) in [6.45, 7) is 2.08. The number of halogens is 1. The summed E-state index contributed by atoms with van der Waals surface area (Å²) in [4.78, 5) is 0. The molecule has 0 bridgehead atoms. The molecule has 84 valence electrons. The van der Waals surface area contributed by atoms with Crippen molar-refractivity contribution in [3.8, 4) is 0 Å². The summed E-state index contributed by atoms with van der Waals surface area (Å²) < 4.78 is 11.2. The quantitative estimate of drug-likeness (QED) is 0.809. The minimum atomic E-state index is 0.594. The SMILES string of the molecule is COCCNc1cccc(Br)c1COC. The summed E-state index contributed by atoms with van der Waals surface area (Å²) in [6.07, 6.45) is 0. The zero-order valence-corrected chi connectivity index (χ0v) is 10.6. The molecule has 0 saturated heterocycles. The van der Waals surface area contributed by atoms with Crippen LogP contribution in [0.3, 0.4) is 0 Å². The lowest BCUT2D eigenvalue weighted by Gasteiger charge is -2.12. The van der Waals surface area contributed by atoms with Crippen molar-refractivity contribution in [2.75, 3.05) is 32.7 Å². The van der Waals surface area contributed by atoms with E-state index in [9.17, 15) is 0 Å². The highest BCUT2D eigenvalue weighted by Gasteiger charge is 2.05. The van der Waals surface area contributed by atoms with Gasteiger partial charge in [0.05, 0.1) is 13.2 Å². The van der Waals surface area contributed by atoms with E-state index in [0.29, 0.717) is 13.2 Å². The summed E-state index contributed by atoms with van der Waals surface area (Å²) in [5.41, 5.74) is 2.22. The highest BCUT2D eigenvalue weighted by Crippen LogP contribution is 2.25. The van der Waals surface area contributed by atoms with Gasteiger partial charge in [0.15, 0.2) is 0 Å². The zero-order chi connectivity index (χ0) is 11.1. The molecule has 0 amide bonds. The van der Waals surface area contributed by atoms with E-state index in [-0.39, 0.29) is 0 Å². The van der Waals surface area contributed by atoms with Crippen LogP contribution in [-0.4, -0.2) is 27.4 Å². The van der Waals surface area contributed by atoms with Crippen LogP contribution in [0.5, 0.6) is 0 Å². The van der Waals surface area contributed by atoms with E-state index in [1.165, 1.54) is 0 Å². The monoisotopic (exact) mass is 273 g/mol. The fourth-order valence-corrected chi connectivity index (χ4v) is 1.78. The van der Waals surface area contributed by atoms with Crippen molar-refractivity contribution in [2.45, 2.75) is 6.61 Å². The zero-order valence-electron chi connectivity index (χ0n) is 9.05. The Morgan fingerprint density at radius 1 is 1.27 bits per heavy atom. The second-order valence-corrected chi connectivity index (χ2v) is 3.97. The minimum absolute atomic E-state index is 0.594. The van der Waals surface area contributed by atoms with E-state index in [1.807, 2.05) is 18.2 Å². The standard InChI is InChI=1S/C11H16BrNO2/c1-14-7-6-13-11-5-3-4-10(12)9(11)8-15-2/h3-5,13H,6-8H2,1-2H3. The lowest BCUT2D eigenvalue weighted by molar-refractivity contribution is 0.184. The Morgan fingerprint density at radius 2 is 2.07 bits per heavy atom. The number of benzene rings is 1. The fraction of sp³-hybridized carbons (Fsp3) is 0.455. The Labute approximate surface area is 98.9 Å². The largest absolute Gasteiger partial charge is 0.383 e. The lowest BCUT2D eigenvalue weighted by Crippen LogP contribution is -2.09. The molecule has 4 heteroatoms. The first-order valence-electron chi connectivity index (χ1n) is 4.78. The van der Waals surface area contributed by atoms with Crippen molar-refractivity contribution in [2.24, 2.45) is 0 Å². The van der Waals surface area contributed by atoms with E-state index in [2.05, 4.69) is 21.2 Å². The molecule has 0 fully saturated rings. The first kappa shape index (κ1) is 12.5. The van der Waals surface area contributed by atoms with E-state index in [1.54, 1.807) is 14.2 Å². The highest BCUT2D eigenvalue weighted by atomic mass is 79.9. The molecule has 0 atom stereocenters. The van der Waals surface area contributed by atoms with Gasteiger partial charge in [-0.05, 0) is 12.1 Å². The molecule has 1 N–H and O–H groups in total. The number of rotatable bonds is 6. The van der Waals surface area contributed by atoms with Crippen LogP contribution in [0.15, 0.2) is 22.7 Å². The van der Waals surface area contributed by atoms with Gasteiger partial charge in [0.1, 0.15) is 0 Å². The van der Waals surface area contributed by atoms with Crippen molar-refractivity contribution in [3.05, 3.63) is 28.2 Å². The number of nitrogens with one attached hydrogen (secondary N) is 1. The Bertz CT molecular complexity index is 305. The van der Waals surface area contributed by atoms with Gasteiger partial charge in [-0.1, -0.05) is 22.0 Å². The second-order valence-electron chi connectivity index (χ2n) is 3.12. The van der Waals surface area contributed by atoms with E-state index in [4.69, 9.17) is 9.47 Å². The molecule has 0 saturated carbocycles. The molecule has 0 aliphatic heterocycles. The first-order valence-corrected chi connectivity index (χ1v) is 5.58. The van der Waals surface area contributed by atoms with Gasteiger partial charge in [-0.2, -0.15) is 0 Å². The molecule has 0 radical (unpaired) electrons. The van der Waals surface area contributed by atoms with Crippen LogP contribution in [0.2, 0.25) is 0 Å². The molecule has 0 unspecified atom stereocenters. The van der Waals surface area contributed by atoms with Crippen molar-refractivity contribution in [3.63, 3.8) is 0 Å². The van der Waals surface area contributed by atoms with Gasteiger partial charge in [0, 0.05) is 36.5 Å². The van der Waals surface area contributed by atoms with Crippen LogP contribution in [0.4, 0.5) is 5.69 Å². The third-order valence-corrected chi connectivity index (χ3v) is 2.77. The van der Waals surface area contributed by atoms with Crippen LogP contribution in [0.25, 0.3) is 0 Å². The van der Waals surface area contributed by atoms with Gasteiger partial charge < -0.3 is 14.8 Å². The van der Waals surface area contributed by atoms with Gasteiger partial charge >= 0.3 is 0 Å². The van der Waals surface area contributed by atoms with Crippen LogP contribution in [0, 0.1) is 0 Å². The summed E-state index contributed by atoms with van der Waals surface area (Å²) in [5, 5.41) is 3.30. The molecule has 0 spiro atoms. The topological polar surface area (TPSA) is 30.5 Å². The van der Waals surface area contributed by atoms with Crippen molar-refractivity contribution >= 4 is 21.6 Å². The summed E-state index contributed by atoms with van der Waals surface area (Å²) in [5.74, 6) is 0. The highest BCUT2D eigenvalue weighted by molar-refractivity contribution is 9.10. The predicted octanol–water partition coefficient (Wildman–Crippen LogP) is 2.65. The lowest BCUT2D eigenvalue weighted by atomic mass is 10.2. The van der Waals surface area contributed by atoms with Crippen molar-refractivity contribution in [1.82, 2.24) is 0 Å². The summed E-state index contributed by atoms with van der Waals surface area (Å²) in [6, 6.07) is 6.04. The average molecular weight is 274 g/mol. The van der Waals surface area contributed by atoms with E-state index >= 15 is 0 Å². The summed E-state index contributed by atoms with van der Waals surface area (Å²) >= 11 is 3.51. The maximum atomic E-state index is 5.15. The van der Waals surface area contributed by atoms with Gasteiger partial charge in [-0.3, -0.25) is 0 Å². The van der Waals surface area contributed by atoms with Crippen LogP contribution in [0.1, 0.15) is 5.56 Å². The molecule has 1 rings (SSSR count). The number of hydrogen-bond donors (Lipinski definition) is 1. The maximum absolute atomic E-state index is 5.15. The number of anilines is 1. The Hall–Kier alpha value is -0.580. The average Bonchev–Trinajstić information content (AvgIpc) is 2.23. The number of hydrogen-bond acceptors (Lipinski definition) is 3. The van der Waals surface area contributed by atoms with Gasteiger partial charge in [0.2, 0.25) is 0 Å². The minimum Gasteiger partial charge on any atom is -0.383 e. The van der Waals surface area contributed by atoms with Crippen molar-refractivity contribution < 1.29 is 9.47 Å². The Morgan fingerprint density at radius 3 is 2.73 bits per heavy atom. The molecule has 1 aromatic rings.